The van der Waals surface area contributed by atoms with Crippen molar-refractivity contribution in [2.24, 2.45) is 5.92 Å². The predicted molar refractivity (Wildman–Crippen MR) is 185 cm³/mol. The Morgan fingerprint density at radius 2 is 1.71 bits per heavy atom. The highest BCUT2D eigenvalue weighted by atomic mass is 16.6. The first-order chi connectivity index (χ1) is 21.9. The number of furan rings is 1. The zero-order valence-electron chi connectivity index (χ0n) is 27.0. The number of nitrogens with zero attached hydrogens (tertiary/aromatic N) is 3. The number of fused-ring (bicyclic) bond motifs is 3. The van der Waals surface area contributed by atoms with E-state index in [2.05, 4.69) is 103 Å². The molecule has 0 amide bonds. The molecule has 6 nitrogen and oxygen atoms in total. The van der Waals surface area contributed by atoms with Gasteiger partial charge in [-0.2, -0.15) is 4.58 Å². The highest BCUT2D eigenvalue weighted by Crippen LogP contribution is 2.47. The van der Waals surface area contributed by atoms with Gasteiger partial charge in [0.2, 0.25) is 5.69 Å². The van der Waals surface area contributed by atoms with E-state index in [9.17, 15) is 10.1 Å². The zero-order valence-corrected chi connectivity index (χ0v) is 27.0. The maximum absolute atomic E-state index is 11.5. The fraction of sp³-hybridized carbons (Fsp3) is 0.410. The molecule has 3 aromatic carbocycles. The van der Waals surface area contributed by atoms with Gasteiger partial charge in [0, 0.05) is 49.3 Å². The van der Waals surface area contributed by atoms with Gasteiger partial charge in [-0.25, -0.2) is 0 Å². The summed E-state index contributed by atoms with van der Waals surface area (Å²) in [5, 5.41) is 13.9. The lowest BCUT2D eigenvalue weighted by molar-refractivity contribution is -0.438. The Labute approximate surface area is 267 Å². The SMILES string of the molecule is CCN(CC)c1ccc(C=CC2=[N+](CCCCC3CCCC3)c3ccc4ccccc4c3C2(C)Cc2ccc([N+](=O)[O-])o2)cc1. The van der Waals surface area contributed by atoms with Crippen LogP contribution in [0.5, 0.6) is 0 Å². The molecular formula is C39H46N3O3+. The third-order valence-corrected chi connectivity index (χ3v) is 10.1. The molecule has 2 aliphatic rings. The molecular weight excluding hydrogens is 558 g/mol. The molecule has 1 unspecified atom stereocenters. The van der Waals surface area contributed by atoms with Crippen molar-refractivity contribution in [1.29, 1.82) is 0 Å². The average Bonchev–Trinajstić information content (AvgIpc) is 3.79. The van der Waals surface area contributed by atoms with Crippen molar-refractivity contribution in [3.63, 3.8) is 0 Å². The minimum absolute atomic E-state index is 0.209. The molecule has 234 valence electrons. The molecule has 0 spiro atoms. The van der Waals surface area contributed by atoms with Crippen LogP contribution in [0.3, 0.4) is 0 Å². The summed E-state index contributed by atoms with van der Waals surface area (Å²) in [5.41, 5.74) is 5.64. The number of rotatable bonds is 13. The third kappa shape index (κ3) is 6.33. The van der Waals surface area contributed by atoms with E-state index in [-0.39, 0.29) is 5.88 Å². The van der Waals surface area contributed by atoms with E-state index in [1.165, 1.54) is 78.0 Å². The molecule has 0 bridgehead atoms. The first kappa shape index (κ1) is 30.8. The van der Waals surface area contributed by atoms with Crippen molar-refractivity contribution in [1.82, 2.24) is 0 Å². The maximum atomic E-state index is 11.5. The number of anilines is 1. The smallest absolute Gasteiger partial charge is 0.406 e. The molecule has 6 heteroatoms. The van der Waals surface area contributed by atoms with E-state index in [0.29, 0.717) is 12.2 Å². The summed E-state index contributed by atoms with van der Waals surface area (Å²) in [6.45, 7) is 9.56. The summed E-state index contributed by atoms with van der Waals surface area (Å²) in [7, 11) is 0. The Bertz CT molecular complexity index is 1710. The highest BCUT2D eigenvalue weighted by Gasteiger charge is 2.49. The van der Waals surface area contributed by atoms with Gasteiger partial charge >= 0.3 is 5.88 Å². The van der Waals surface area contributed by atoms with Gasteiger partial charge in [-0.15, -0.1) is 0 Å². The normalized spacial score (nSPS) is 18.4. The van der Waals surface area contributed by atoms with Gasteiger partial charge in [-0.3, -0.25) is 10.1 Å². The number of hydrogen-bond acceptors (Lipinski definition) is 4. The van der Waals surface area contributed by atoms with Crippen LogP contribution in [-0.4, -0.2) is 34.8 Å². The van der Waals surface area contributed by atoms with Crippen molar-refractivity contribution < 1.29 is 13.9 Å². The topological polar surface area (TPSA) is 62.5 Å². The van der Waals surface area contributed by atoms with Gasteiger partial charge in [0.25, 0.3) is 0 Å². The third-order valence-electron chi connectivity index (χ3n) is 10.1. The Kier molecular flexibility index (Phi) is 9.20. The monoisotopic (exact) mass is 604 g/mol. The largest absolute Gasteiger partial charge is 0.433 e. The summed E-state index contributed by atoms with van der Waals surface area (Å²) in [6, 6.07) is 25.1. The molecule has 45 heavy (non-hydrogen) atoms. The van der Waals surface area contributed by atoms with Crippen LogP contribution >= 0.6 is 0 Å². The highest BCUT2D eigenvalue weighted by molar-refractivity contribution is 6.09. The lowest BCUT2D eigenvalue weighted by Gasteiger charge is -2.23. The van der Waals surface area contributed by atoms with Crippen LogP contribution in [0.25, 0.3) is 16.8 Å². The van der Waals surface area contributed by atoms with Gasteiger partial charge in [0.1, 0.15) is 17.2 Å². The first-order valence-corrected chi connectivity index (χ1v) is 16.8. The molecule has 0 saturated heterocycles. The van der Waals surface area contributed by atoms with Gasteiger partial charge in [0.05, 0.1) is 11.5 Å². The second kappa shape index (κ2) is 13.4. The van der Waals surface area contributed by atoms with E-state index >= 15 is 0 Å². The van der Waals surface area contributed by atoms with E-state index in [0.717, 1.165) is 37.5 Å². The molecule has 1 atom stereocenters. The van der Waals surface area contributed by atoms with Crippen molar-refractivity contribution in [3.05, 3.63) is 106 Å². The molecule has 4 aromatic rings. The standard InChI is InChI=1S/C39H46N3O3/c1-4-40(5-2)32-21-17-30(18-22-32)19-25-36-39(3,28-33-23-26-37(45-33)42(43)44)38-34-16-9-8-15-31(34)20-24-35(38)41(36)27-11-10-14-29-12-6-7-13-29/h8-9,15-26,29H,4-7,10-14,27-28H2,1-3H3/q+1. The number of unbranched alkanes of at least 4 members (excludes halogenated alkanes) is 1. The Morgan fingerprint density at radius 3 is 2.42 bits per heavy atom. The molecule has 0 radical (unpaired) electrons. The second-order valence-corrected chi connectivity index (χ2v) is 13.0. The number of hydrogen-bond donors (Lipinski definition) is 0. The van der Waals surface area contributed by atoms with Crippen LogP contribution in [0.1, 0.15) is 82.6 Å². The van der Waals surface area contributed by atoms with Gasteiger partial charge in [-0.1, -0.05) is 68.5 Å². The van der Waals surface area contributed by atoms with Gasteiger partial charge in [0.15, 0.2) is 5.71 Å². The second-order valence-electron chi connectivity index (χ2n) is 13.0. The molecule has 6 rings (SSSR count). The Balaban J connectivity index is 1.42. The lowest BCUT2D eigenvalue weighted by atomic mass is 9.74. The van der Waals surface area contributed by atoms with Crippen LogP contribution < -0.4 is 4.90 Å². The quantitative estimate of drug-likeness (QED) is 0.0659. The fourth-order valence-electron chi connectivity index (χ4n) is 7.78. The van der Waals surface area contributed by atoms with Crippen molar-refractivity contribution >= 4 is 39.8 Å². The summed E-state index contributed by atoms with van der Waals surface area (Å²) in [5.74, 6) is 1.31. The molecule has 1 saturated carbocycles. The van der Waals surface area contributed by atoms with Crippen LogP contribution in [-0.2, 0) is 11.8 Å². The first-order valence-electron chi connectivity index (χ1n) is 16.8. The summed E-state index contributed by atoms with van der Waals surface area (Å²) in [4.78, 5) is 13.4. The minimum Gasteiger partial charge on any atom is -0.406 e. The van der Waals surface area contributed by atoms with E-state index in [1.807, 2.05) is 0 Å². The molecule has 1 aliphatic carbocycles. The number of nitro groups is 1. The van der Waals surface area contributed by atoms with Crippen molar-refractivity contribution in [2.75, 3.05) is 24.5 Å². The van der Waals surface area contributed by atoms with E-state index in [1.54, 1.807) is 6.07 Å². The minimum atomic E-state index is -0.453. The Hall–Kier alpha value is -4.19. The van der Waals surface area contributed by atoms with Crippen LogP contribution in [0.2, 0.25) is 0 Å². The number of benzene rings is 3. The van der Waals surface area contributed by atoms with Gasteiger partial charge < -0.3 is 9.32 Å². The van der Waals surface area contributed by atoms with E-state index < -0.39 is 10.3 Å². The summed E-state index contributed by atoms with van der Waals surface area (Å²) < 4.78 is 8.32. The molecule has 1 fully saturated rings. The van der Waals surface area contributed by atoms with Crippen molar-refractivity contribution in [3.8, 4) is 0 Å². The molecule has 2 heterocycles. The van der Waals surface area contributed by atoms with Crippen molar-refractivity contribution in [2.45, 2.75) is 77.6 Å². The predicted octanol–water partition coefficient (Wildman–Crippen LogP) is 9.86. The van der Waals surface area contributed by atoms with Crippen LogP contribution in [0.15, 0.2) is 83.3 Å². The molecule has 0 N–H and O–H groups in total. The van der Waals surface area contributed by atoms with Crippen LogP contribution in [0, 0.1) is 16.0 Å². The van der Waals surface area contributed by atoms with E-state index in [4.69, 9.17) is 4.42 Å². The fourth-order valence-corrected chi connectivity index (χ4v) is 7.78. The van der Waals surface area contributed by atoms with Gasteiger partial charge in [-0.05, 0) is 79.8 Å². The average molecular weight is 605 g/mol. The van der Waals surface area contributed by atoms with Crippen LogP contribution in [0.4, 0.5) is 17.3 Å². The lowest BCUT2D eigenvalue weighted by Crippen LogP contribution is -2.34. The zero-order chi connectivity index (χ0) is 31.4. The number of allylic oxidation sites excluding steroid dienone is 1. The summed E-state index contributed by atoms with van der Waals surface area (Å²) in [6.07, 6.45) is 14.3. The molecule has 1 aromatic heterocycles. The summed E-state index contributed by atoms with van der Waals surface area (Å²) >= 11 is 0. The molecule has 1 aliphatic heterocycles. The Morgan fingerprint density at radius 1 is 0.956 bits per heavy atom. The maximum Gasteiger partial charge on any atom is 0.433 e.